The molecule has 0 amide bonds. The molecule has 0 aromatic heterocycles. The summed E-state index contributed by atoms with van der Waals surface area (Å²) in [5.74, 6) is 6.74. The molecule has 0 heterocycles. The molecular formula is C25H22O. The highest BCUT2D eigenvalue weighted by molar-refractivity contribution is 5.46. The first-order valence-electron chi connectivity index (χ1n) is 9.04. The summed E-state index contributed by atoms with van der Waals surface area (Å²) in [4.78, 5) is 0. The van der Waals surface area contributed by atoms with Gasteiger partial charge in [0.25, 0.3) is 0 Å². The maximum Gasteiger partial charge on any atom is 0.157 e. The molecule has 1 N–H and O–H groups in total. The molecule has 1 saturated carbocycles. The lowest BCUT2D eigenvalue weighted by Gasteiger charge is -2.31. The fourth-order valence-corrected chi connectivity index (χ4v) is 3.84. The van der Waals surface area contributed by atoms with Crippen LogP contribution in [0.4, 0.5) is 0 Å². The molecule has 1 aliphatic rings. The Hall–Kier alpha value is -2.82. The average Bonchev–Trinajstić information content (AvgIpc) is 3.42. The maximum atomic E-state index is 11.8. The molecule has 4 rings (SSSR count). The van der Waals surface area contributed by atoms with Gasteiger partial charge in [-0.05, 0) is 35.6 Å². The van der Waals surface area contributed by atoms with Gasteiger partial charge in [0.1, 0.15) is 0 Å². The zero-order chi connectivity index (χ0) is 18.0. The number of aliphatic hydroxyl groups is 1. The van der Waals surface area contributed by atoms with Gasteiger partial charge < -0.3 is 5.11 Å². The monoisotopic (exact) mass is 338 g/mol. The van der Waals surface area contributed by atoms with E-state index in [0.717, 1.165) is 17.5 Å². The van der Waals surface area contributed by atoms with Crippen molar-refractivity contribution >= 4 is 0 Å². The largest absolute Gasteiger partial charge is 0.373 e. The van der Waals surface area contributed by atoms with Crippen LogP contribution in [0.3, 0.4) is 0 Å². The van der Waals surface area contributed by atoms with E-state index >= 15 is 0 Å². The summed E-state index contributed by atoms with van der Waals surface area (Å²) in [6, 6.07) is 30.2. The summed E-state index contributed by atoms with van der Waals surface area (Å²) in [6.07, 6.45) is 0.922. The van der Waals surface area contributed by atoms with Crippen LogP contribution in [0.5, 0.6) is 0 Å². The van der Waals surface area contributed by atoms with Crippen molar-refractivity contribution in [1.82, 2.24) is 0 Å². The molecule has 1 heteroatoms. The third kappa shape index (κ3) is 2.83. The van der Waals surface area contributed by atoms with Crippen molar-refractivity contribution in [3.63, 3.8) is 0 Å². The molecule has 0 aliphatic heterocycles. The maximum absolute atomic E-state index is 11.8. The first-order valence-corrected chi connectivity index (χ1v) is 9.04. The number of benzene rings is 3. The van der Waals surface area contributed by atoms with Gasteiger partial charge in [0.15, 0.2) is 5.60 Å². The van der Waals surface area contributed by atoms with E-state index in [9.17, 15) is 5.11 Å². The number of hydrogen-bond donors (Lipinski definition) is 1. The van der Waals surface area contributed by atoms with Crippen LogP contribution >= 0.6 is 0 Å². The molecule has 3 aromatic carbocycles. The van der Waals surface area contributed by atoms with Crippen molar-refractivity contribution in [3.05, 3.63) is 108 Å². The van der Waals surface area contributed by atoms with E-state index < -0.39 is 5.60 Å². The number of rotatable bonds is 3. The molecule has 1 nitrogen and oxygen atoms in total. The molecule has 3 unspecified atom stereocenters. The molecule has 1 aliphatic carbocycles. The summed E-state index contributed by atoms with van der Waals surface area (Å²) in [5.41, 5.74) is 1.56. The van der Waals surface area contributed by atoms with Crippen LogP contribution in [0.2, 0.25) is 0 Å². The number of hydrogen-bond acceptors (Lipinski definition) is 1. The Labute approximate surface area is 155 Å². The van der Waals surface area contributed by atoms with Gasteiger partial charge in [0, 0.05) is 11.0 Å². The van der Waals surface area contributed by atoms with Crippen LogP contribution in [0.25, 0.3) is 0 Å². The van der Waals surface area contributed by atoms with E-state index in [1.54, 1.807) is 0 Å². The minimum absolute atomic E-state index is 0.305. The van der Waals surface area contributed by atoms with Gasteiger partial charge in [-0.25, -0.2) is 0 Å². The molecular weight excluding hydrogens is 316 g/mol. The predicted octanol–water partition coefficient (Wildman–Crippen LogP) is 5.12. The van der Waals surface area contributed by atoms with Crippen molar-refractivity contribution in [2.45, 2.75) is 24.9 Å². The van der Waals surface area contributed by atoms with Crippen LogP contribution in [-0.2, 0) is 5.60 Å². The molecule has 0 saturated heterocycles. The molecule has 128 valence electrons. The zero-order valence-corrected chi connectivity index (χ0v) is 14.9. The molecule has 1 fully saturated rings. The van der Waals surface area contributed by atoms with Crippen molar-refractivity contribution in [3.8, 4) is 11.8 Å². The Morgan fingerprint density at radius 1 is 0.846 bits per heavy atom. The molecule has 0 spiro atoms. The van der Waals surface area contributed by atoms with Crippen molar-refractivity contribution in [1.29, 1.82) is 0 Å². The third-order valence-electron chi connectivity index (χ3n) is 5.62. The molecule has 0 radical (unpaired) electrons. The lowest BCUT2D eigenvalue weighted by molar-refractivity contribution is 0.0245. The zero-order valence-electron chi connectivity index (χ0n) is 14.9. The third-order valence-corrected chi connectivity index (χ3v) is 5.62. The van der Waals surface area contributed by atoms with Gasteiger partial charge in [-0.3, -0.25) is 0 Å². The second kappa shape index (κ2) is 6.48. The van der Waals surface area contributed by atoms with E-state index in [4.69, 9.17) is 0 Å². The van der Waals surface area contributed by atoms with Gasteiger partial charge >= 0.3 is 0 Å². The minimum atomic E-state index is -1.19. The first kappa shape index (κ1) is 16.6. The lowest BCUT2D eigenvalue weighted by Crippen LogP contribution is -2.34. The lowest BCUT2D eigenvalue weighted by atomic mass is 9.77. The SMILES string of the molecule is CC1(C(O)(C#Cc2ccccc2)c2ccccc2)CC1c1ccccc1. The van der Waals surface area contributed by atoms with Gasteiger partial charge in [0.2, 0.25) is 0 Å². The Bertz CT molecular complexity index is 937. The van der Waals surface area contributed by atoms with Crippen LogP contribution in [0, 0.1) is 17.3 Å². The first-order chi connectivity index (χ1) is 12.6. The normalized spacial score (nSPS) is 23.4. The summed E-state index contributed by atoms with van der Waals surface area (Å²) in [7, 11) is 0. The predicted molar refractivity (Wildman–Crippen MR) is 106 cm³/mol. The summed E-state index contributed by atoms with van der Waals surface area (Å²) >= 11 is 0. The summed E-state index contributed by atoms with van der Waals surface area (Å²) < 4.78 is 0. The second-order valence-corrected chi connectivity index (χ2v) is 7.28. The van der Waals surface area contributed by atoms with Crippen LogP contribution in [-0.4, -0.2) is 5.11 Å². The molecule has 0 bridgehead atoms. The van der Waals surface area contributed by atoms with E-state index in [1.807, 2.05) is 66.7 Å². The van der Waals surface area contributed by atoms with Gasteiger partial charge in [-0.1, -0.05) is 97.6 Å². The van der Waals surface area contributed by atoms with Crippen LogP contribution in [0.1, 0.15) is 36.0 Å². The van der Waals surface area contributed by atoms with Crippen LogP contribution in [0.15, 0.2) is 91.0 Å². The van der Waals surface area contributed by atoms with Crippen molar-refractivity contribution in [2.24, 2.45) is 5.41 Å². The smallest absolute Gasteiger partial charge is 0.157 e. The van der Waals surface area contributed by atoms with Gasteiger partial charge in [-0.2, -0.15) is 0 Å². The summed E-state index contributed by atoms with van der Waals surface area (Å²) in [5, 5.41) is 11.8. The Morgan fingerprint density at radius 2 is 1.38 bits per heavy atom. The van der Waals surface area contributed by atoms with E-state index in [0.29, 0.717) is 5.92 Å². The summed E-state index contributed by atoms with van der Waals surface area (Å²) in [6.45, 7) is 2.15. The minimum Gasteiger partial charge on any atom is -0.373 e. The highest BCUT2D eigenvalue weighted by atomic mass is 16.3. The highest BCUT2D eigenvalue weighted by Gasteiger charge is 2.63. The standard InChI is InChI=1S/C25H22O/c1-24(19-23(24)21-13-7-3-8-14-21)25(26,22-15-9-4-10-16-22)18-17-20-11-5-2-6-12-20/h2-16,23,26H,19H2,1H3. The molecule has 3 aromatic rings. The fraction of sp³-hybridized carbons (Fsp3) is 0.200. The highest BCUT2D eigenvalue weighted by Crippen LogP contribution is 2.67. The van der Waals surface area contributed by atoms with Crippen LogP contribution < -0.4 is 0 Å². The average molecular weight is 338 g/mol. The molecule has 3 atom stereocenters. The van der Waals surface area contributed by atoms with Gasteiger partial charge in [-0.15, -0.1) is 0 Å². The fourth-order valence-electron chi connectivity index (χ4n) is 3.84. The topological polar surface area (TPSA) is 20.2 Å². The van der Waals surface area contributed by atoms with Crippen molar-refractivity contribution < 1.29 is 5.11 Å². The second-order valence-electron chi connectivity index (χ2n) is 7.28. The Balaban J connectivity index is 1.77. The Kier molecular flexibility index (Phi) is 4.15. The Morgan fingerprint density at radius 3 is 2.00 bits per heavy atom. The van der Waals surface area contributed by atoms with E-state index in [-0.39, 0.29) is 5.41 Å². The quantitative estimate of drug-likeness (QED) is 0.657. The van der Waals surface area contributed by atoms with E-state index in [2.05, 4.69) is 43.0 Å². The molecule has 26 heavy (non-hydrogen) atoms. The van der Waals surface area contributed by atoms with Gasteiger partial charge in [0.05, 0.1) is 0 Å². The van der Waals surface area contributed by atoms with E-state index in [1.165, 1.54) is 5.56 Å². The van der Waals surface area contributed by atoms with Crippen molar-refractivity contribution in [2.75, 3.05) is 0 Å².